The smallest absolute Gasteiger partial charge is 0.365 e. The number of hydrogen-bond donors (Lipinski definition) is 4. The van der Waals surface area contributed by atoms with Crippen molar-refractivity contribution in [2.24, 2.45) is 0 Å². The number of carbonyl (C=O) groups is 2. The third-order valence-electron chi connectivity index (χ3n) is 6.82. The van der Waals surface area contributed by atoms with Crippen LogP contribution in [0.1, 0.15) is 40.4 Å². The highest BCUT2D eigenvalue weighted by Gasteiger charge is 2.34. The van der Waals surface area contributed by atoms with Crippen LogP contribution >= 0.6 is 6.64 Å². The van der Waals surface area contributed by atoms with E-state index in [0.717, 1.165) is 11.1 Å². The molecule has 0 saturated carbocycles. The number of aliphatic hydroxyl groups excluding tert-OH is 1. The van der Waals surface area contributed by atoms with E-state index in [1.807, 2.05) is 19.9 Å². The Labute approximate surface area is 230 Å². The summed E-state index contributed by atoms with van der Waals surface area (Å²) >= 11 is 5.62. The molecule has 3 aliphatic heterocycles. The molecule has 1 unspecified atom stereocenters. The second kappa shape index (κ2) is 10.8. The van der Waals surface area contributed by atoms with Crippen molar-refractivity contribution >= 4 is 30.4 Å². The topological polar surface area (TPSA) is 145 Å². The first-order valence-corrected chi connectivity index (χ1v) is 15.0. The van der Waals surface area contributed by atoms with Crippen LogP contribution in [0.15, 0.2) is 29.8 Å². The van der Waals surface area contributed by atoms with Gasteiger partial charge in [-0.05, 0) is 38.0 Å². The predicted octanol–water partition coefficient (Wildman–Crippen LogP) is 2.78. The van der Waals surface area contributed by atoms with Gasteiger partial charge in [-0.25, -0.2) is 14.7 Å². The van der Waals surface area contributed by atoms with Crippen LogP contribution in [-0.4, -0.2) is 54.5 Å². The molecule has 0 amide bonds. The molecule has 5 rings (SSSR count). The van der Waals surface area contributed by atoms with Crippen molar-refractivity contribution in [1.82, 2.24) is 10.4 Å². The number of phenolic OH excluding ortho intramolecular Hbond substituents is 1. The van der Waals surface area contributed by atoms with Crippen molar-refractivity contribution in [3.63, 3.8) is 0 Å². The molecule has 2 aromatic carbocycles. The molecule has 3 heterocycles. The Kier molecular flexibility index (Phi) is 7.58. The summed E-state index contributed by atoms with van der Waals surface area (Å²) in [6.45, 7) is 1.61. The number of allylic oxidation sites excluding steroid dienone is 1. The minimum atomic E-state index is -2.91. The lowest BCUT2D eigenvalue weighted by Crippen LogP contribution is -2.34. The molecule has 0 aromatic heterocycles. The molecule has 0 aliphatic carbocycles. The lowest BCUT2D eigenvalue weighted by atomic mass is 9.95. The van der Waals surface area contributed by atoms with E-state index in [1.165, 1.54) is 7.11 Å². The predicted molar refractivity (Wildman–Crippen MR) is 144 cm³/mol. The third-order valence-corrected chi connectivity index (χ3v) is 9.07. The van der Waals surface area contributed by atoms with Gasteiger partial charge in [0, 0.05) is 48.5 Å². The van der Waals surface area contributed by atoms with Crippen molar-refractivity contribution < 1.29 is 43.1 Å². The fourth-order valence-corrected chi connectivity index (χ4v) is 6.82. The summed E-state index contributed by atoms with van der Waals surface area (Å²) in [5.74, 6) is 0.451. The number of rotatable bonds is 8. The van der Waals surface area contributed by atoms with Crippen LogP contribution in [0.3, 0.4) is 0 Å². The molecule has 2 aromatic rings. The molecular formula is C26H29N2O9PS. The minimum Gasteiger partial charge on any atom is -0.507 e. The number of fused-ring (bicyclic) bond motifs is 2. The number of β-amino-alcohol motifs (C(OH)–C–C–N with tert-alkyl or cyclic N) is 1. The summed E-state index contributed by atoms with van der Waals surface area (Å²) < 4.78 is 27.9. The van der Waals surface area contributed by atoms with Gasteiger partial charge in [0.05, 0.1) is 13.2 Å². The lowest BCUT2D eigenvalue weighted by Gasteiger charge is -2.17. The Morgan fingerprint density at radius 2 is 2.10 bits per heavy atom. The van der Waals surface area contributed by atoms with Crippen LogP contribution in [0.5, 0.6) is 28.7 Å². The van der Waals surface area contributed by atoms with Crippen LogP contribution < -0.4 is 28.9 Å². The number of ether oxygens (including phenoxy) is 3. The zero-order chi connectivity index (χ0) is 27.9. The van der Waals surface area contributed by atoms with Crippen molar-refractivity contribution in [3.8, 4) is 28.7 Å². The van der Waals surface area contributed by atoms with E-state index in [-0.39, 0.29) is 23.7 Å². The van der Waals surface area contributed by atoms with E-state index in [2.05, 4.69) is 10.4 Å². The van der Waals surface area contributed by atoms with Gasteiger partial charge in [0.2, 0.25) is 0 Å². The van der Waals surface area contributed by atoms with E-state index >= 15 is 0 Å². The SMILES string of the molecule is COc1c(C)c2c(c(O)c1C/C=C(\C)CNP1(=S)Oc3ccc(OC(=O)[C@@H]4C[C@@H](O)CN4)cc3O1)C(=O)OC2. The van der Waals surface area contributed by atoms with Crippen molar-refractivity contribution in [3.05, 3.63) is 52.1 Å². The van der Waals surface area contributed by atoms with Gasteiger partial charge < -0.3 is 38.8 Å². The van der Waals surface area contributed by atoms with Crippen LogP contribution in [-0.2, 0) is 34.4 Å². The second-order valence-corrected chi connectivity index (χ2v) is 12.7. The zero-order valence-electron chi connectivity index (χ0n) is 21.6. The molecule has 3 aliphatic rings. The highest BCUT2D eigenvalue weighted by Crippen LogP contribution is 2.56. The number of methoxy groups -OCH3 is 1. The first-order chi connectivity index (χ1) is 18.6. The number of carbonyl (C=O) groups excluding carboxylic acids is 2. The van der Waals surface area contributed by atoms with E-state index in [1.54, 1.807) is 18.2 Å². The summed E-state index contributed by atoms with van der Waals surface area (Å²) in [6, 6.07) is 4.20. The summed E-state index contributed by atoms with van der Waals surface area (Å²) in [7, 11) is 1.52. The van der Waals surface area contributed by atoms with E-state index < -0.39 is 30.7 Å². The largest absolute Gasteiger partial charge is 0.507 e. The fraction of sp³-hybridized carbons (Fsp3) is 0.385. The van der Waals surface area contributed by atoms with Crippen LogP contribution in [0.4, 0.5) is 0 Å². The number of hydrogen-bond acceptors (Lipinski definition) is 11. The van der Waals surface area contributed by atoms with Gasteiger partial charge in [0.1, 0.15) is 35.5 Å². The number of aliphatic hydroxyl groups is 1. The Morgan fingerprint density at radius 3 is 2.82 bits per heavy atom. The van der Waals surface area contributed by atoms with E-state index in [4.69, 9.17) is 35.1 Å². The van der Waals surface area contributed by atoms with Crippen molar-refractivity contribution in [1.29, 1.82) is 0 Å². The second-order valence-electron chi connectivity index (χ2n) is 9.56. The quantitative estimate of drug-likeness (QED) is 0.159. The number of nitrogens with one attached hydrogen (secondary N) is 2. The number of esters is 2. The highest BCUT2D eigenvalue weighted by molar-refractivity contribution is 8.09. The molecule has 13 heteroatoms. The lowest BCUT2D eigenvalue weighted by molar-refractivity contribution is -0.136. The molecular weight excluding hydrogens is 547 g/mol. The van der Waals surface area contributed by atoms with Gasteiger partial charge in [-0.1, -0.05) is 11.6 Å². The zero-order valence-corrected chi connectivity index (χ0v) is 23.3. The Morgan fingerprint density at radius 1 is 1.33 bits per heavy atom. The summed E-state index contributed by atoms with van der Waals surface area (Å²) in [4.78, 5) is 24.5. The van der Waals surface area contributed by atoms with Crippen molar-refractivity contribution in [2.75, 3.05) is 20.2 Å². The molecule has 1 saturated heterocycles. The molecule has 0 spiro atoms. The van der Waals surface area contributed by atoms with Gasteiger partial charge in [-0.2, -0.15) is 0 Å². The Balaban J connectivity index is 1.22. The number of phenols is 1. The molecule has 0 radical (unpaired) electrons. The molecule has 3 atom stereocenters. The van der Waals surface area contributed by atoms with Gasteiger partial charge >= 0.3 is 18.6 Å². The monoisotopic (exact) mass is 576 g/mol. The van der Waals surface area contributed by atoms with Gasteiger partial charge in [-0.3, -0.25) is 0 Å². The van der Waals surface area contributed by atoms with Crippen LogP contribution in [0.25, 0.3) is 0 Å². The van der Waals surface area contributed by atoms with Crippen molar-refractivity contribution in [2.45, 2.75) is 45.4 Å². The van der Waals surface area contributed by atoms with Gasteiger partial charge in [-0.15, -0.1) is 0 Å². The number of cyclic esters (lactones) is 1. The maximum atomic E-state index is 12.3. The maximum absolute atomic E-state index is 12.3. The molecule has 4 N–H and O–H groups in total. The summed E-state index contributed by atoms with van der Waals surface area (Å²) in [5, 5.41) is 26.5. The van der Waals surface area contributed by atoms with Gasteiger partial charge in [0.15, 0.2) is 11.5 Å². The minimum absolute atomic E-state index is 0.113. The molecule has 1 fully saturated rings. The summed E-state index contributed by atoms with van der Waals surface area (Å²) in [5.41, 5.74) is 2.99. The molecule has 39 heavy (non-hydrogen) atoms. The number of benzene rings is 2. The first kappa shape index (κ1) is 27.4. The summed E-state index contributed by atoms with van der Waals surface area (Å²) in [6.07, 6.45) is 1.94. The highest BCUT2D eigenvalue weighted by atomic mass is 32.5. The average molecular weight is 577 g/mol. The van der Waals surface area contributed by atoms with Crippen LogP contribution in [0.2, 0.25) is 0 Å². The van der Waals surface area contributed by atoms with Crippen LogP contribution in [0, 0.1) is 6.92 Å². The average Bonchev–Trinajstić information content (AvgIpc) is 3.60. The Hall–Kier alpha value is -3.15. The molecule has 208 valence electrons. The maximum Gasteiger partial charge on any atom is 0.365 e. The van der Waals surface area contributed by atoms with E-state index in [9.17, 15) is 19.8 Å². The van der Waals surface area contributed by atoms with E-state index in [0.29, 0.717) is 54.3 Å². The fourth-order valence-electron chi connectivity index (χ4n) is 4.72. The molecule has 0 bridgehead atoms. The molecule has 11 nitrogen and oxygen atoms in total. The normalized spacial score (nSPS) is 23.5. The van der Waals surface area contributed by atoms with Gasteiger partial charge in [0.25, 0.3) is 0 Å². The Bertz CT molecular complexity index is 1430. The standard InChI is InChI=1S/C26H29N2O9PS/c1-13(4-6-17-23(30)22-18(12-34-26(22)32)14(2)24(17)33-3)10-28-38(39)36-20-7-5-16(9-21(20)37-38)35-25(31)19-8-15(29)11-27-19/h4-5,7,9,15,19,27,29-30H,6,8,10-12H2,1-3H3,(H,28,39)/b13-4+/t15-,19+,38?/m1/s1. The number of aromatic hydroxyl groups is 1. The first-order valence-electron chi connectivity index (χ1n) is 12.3. The third kappa shape index (κ3) is 5.48.